The lowest BCUT2D eigenvalue weighted by Crippen LogP contribution is -2.38. The van der Waals surface area contributed by atoms with Crippen LogP contribution < -0.4 is 4.90 Å². The average molecular weight is 263 g/mol. The number of aliphatic hydroxyl groups excluding tert-OH is 1. The van der Waals surface area contributed by atoms with Gasteiger partial charge in [-0.15, -0.1) is 11.3 Å². The summed E-state index contributed by atoms with van der Waals surface area (Å²) in [5.41, 5.74) is 1.01. The summed E-state index contributed by atoms with van der Waals surface area (Å²) in [5, 5.41) is 11.6. The molecule has 0 aromatic carbocycles. The fourth-order valence-electron chi connectivity index (χ4n) is 2.63. The molecule has 0 bridgehead atoms. The Kier molecular flexibility index (Phi) is 3.43. The number of thiophene rings is 1. The lowest BCUT2D eigenvalue weighted by Gasteiger charge is -2.29. The van der Waals surface area contributed by atoms with Crippen molar-refractivity contribution < 1.29 is 5.11 Å². The zero-order chi connectivity index (χ0) is 12.4. The van der Waals surface area contributed by atoms with Crippen molar-refractivity contribution in [3.63, 3.8) is 0 Å². The van der Waals surface area contributed by atoms with Gasteiger partial charge in [-0.25, -0.2) is 9.97 Å². The second-order valence-electron chi connectivity index (χ2n) is 4.71. The first-order valence-corrected chi connectivity index (χ1v) is 7.34. The first-order valence-electron chi connectivity index (χ1n) is 6.46. The van der Waals surface area contributed by atoms with Gasteiger partial charge < -0.3 is 10.0 Å². The minimum absolute atomic E-state index is 0.202. The van der Waals surface area contributed by atoms with Crippen LogP contribution in [0.5, 0.6) is 0 Å². The van der Waals surface area contributed by atoms with Gasteiger partial charge in [-0.2, -0.15) is 0 Å². The number of rotatable bonds is 2. The van der Waals surface area contributed by atoms with Crippen LogP contribution in [0, 0.1) is 0 Å². The SMILES string of the molecule is OCC1CCCCCN1c1ncnc2ccsc12. The van der Waals surface area contributed by atoms with E-state index in [0.29, 0.717) is 0 Å². The summed E-state index contributed by atoms with van der Waals surface area (Å²) in [5.74, 6) is 0.996. The standard InChI is InChI=1S/C13H17N3OS/c17-8-10-4-2-1-3-6-16(10)13-12-11(5-7-18-12)14-9-15-13/h5,7,9-10,17H,1-4,6,8H2. The summed E-state index contributed by atoms with van der Waals surface area (Å²) in [4.78, 5) is 11.0. The molecular formula is C13H17N3OS. The van der Waals surface area contributed by atoms with Crippen molar-refractivity contribution in [2.24, 2.45) is 0 Å². The Labute approximate surface area is 110 Å². The van der Waals surface area contributed by atoms with E-state index in [0.717, 1.165) is 29.0 Å². The summed E-state index contributed by atoms with van der Waals surface area (Å²) >= 11 is 1.68. The highest BCUT2D eigenvalue weighted by Gasteiger charge is 2.23. The van der Waals surface area contributed by atoms with Crippen LogP contribution in [0.15, 0.2) is 17.8 Å². The van der Waals surface area contributed by atoms with Gasteiger partial charge in [0.1, 0.15) is 12.1 Å². The minimum atomic E-state index is 0.202. The molecule has 0 radical (unpaired) electrons. The maximum Gasteiger partial charge on any atom is 0.150 e. The van der Waals surface area contributed by atoms with E-state index in [1.54, 1.807) is 17.7 Å². The van der Waals surface area contributed by atoms with Crippen molar-refractivity contribution in [2.45, 2.75) is 31.7 Å². The monoisotopic (exact) mass is 263 g/mol. The molecule has 1 atom stereocenters. The first-order chi connectivity index (χ1) is 8.90. The molecule has 5 heteroatoms. The zero-order valence-corrected chi connectivity index (χ0v) is 11.1. The Morgan fingerprint density at radius 2 is 2.28 bits per heavy atom. The van der Waals surface area contributed by atoms with Crippen LogP contribution in [0.1, 0.15) is 25.7 Å². The average Bonchev–Trinajstić information content (AvgIpc) is 2.76. The fourth-order valence-corrected chi connectivity index (χ4v) is 3.48. The van der Waals surface area contributed by atoms with E-state index in [2.05, 4.69) is 20.2 Å². The molecule has 1 aliphatic rings. The highest BCUT2D eigenvalue weighted by molar-refractivity contribution is 7.17. The lowest BCUT2D eigenvalue weighted by atomic mass is 10.1. The van der Waals surface area contributed by atoms with Crippen molar-refractivity contribution in [2.75, 3.05) is 18.1 Å². The van der Waals surface area contributed by atoms with Crippen molar-refractivity contribution >= 4 is 27.4 Å². The molecule has 0 spiro atoms. The number of anilines is 1. The van der Waals surface area contributed by atoms with Crippen molar-refractivity contribution in [1.29, 1.82) is 0 Å². The van der Waals surface area contributed by atoms with Crippen LogP contribution in [0.4, 0.5) is 5.82 Å². The molecule has 1 fully saturated rings. The quantitative estimate of drug-likeness (QED) is 0.904. The van der Waals surface area contributed by atoms with E-state index in [1.807, 2.05) is 6.07 Å². The Bertz CT molecular complexity index is 528. The van der Waals surface area contributed by atoms with Crippen molar-refractivity contribution in [3.05, 3.63) is 17.8 Å². The van der Waals surface area contributed by atoms with Crippen molar-refractivity contribution in [1.82, 2.24) is 9.97 Å². The number of nitrogens with zero attached hydrogens (tertiary/aromatic N) is 3. The largest absolute Gasteiger partial charge is 0.394 e. The van der Waals surface area contributed by atoms with E-state index in [4.69, 9.17) is 0 Å². The molecule has 1 unspecified atom stereocenters. The number of aliphatic hydroxyl groups is 1. The highest BCUT2D eigenvalue weighted by atomic mass is 32.1. The van der Waals surface area contributed by atoms with Gasteiger partial charge in [0.15, 0.2) is 0 Å². The number of hydrogen-bond donors (Lipinski definition) is 1. The summed E-state index contributed by atoms with van der Waals surface area (Å²) in [7, 11) is 0. The Balaban J connectivity index is 2.02. The van der Waals surface area contributed by atoms with E-state index < -0.39 is 0 Å². The van der Waals surface area contributed by atoms with Gasteiger partial charge in [0.2, 0.25) is 0 Å². The first kappa shape index (κ1) is 11.9. The molecule has 1 aliphatic heterocycles. The molecule has 1 N–H and O–H groups in total. The maximum absolute atomic E-state index is 9.59. The smallest absolute Gasteiger partial charge is 0.150 e. The van der Waals surface area contributed by atoms with E-state index in [1.165, 1.54) is 19.3 Å². The Morgan fingerprint density at radius 3 is 3.17 bits per heavy atom. The van der Waals surface area contributed by atoms with Crippen LogP contribution in [0.25, 0.3) is 10.2 Å². The number of aromatic nitrogens is 2. The molecule has 2 aromatic heterocycles. The van der Waals surface area contributed by atoms with Gasteiger partial charge >= 0.3 is 0 Å². The second kappa shape index (κ2) is 5.20. The normalized spacial score (nSPS) is 21.2. The van der Waals surface area contributed by atoms with Gasteiger partial charge in [-0.3, -0.25) is 0 Å². The molecule has 0 saturated carbocycles. The van der Waals surface area contributed by atoms with Gasteiger partial charge in [0, 0.05) is 6.54 Å². The summed E-state index contributed by atoms with van der Waals surface area (Å²) in [6.07, 6.45) is 6.29. The van der Waals surface area contributed by atoms with Crippen LogP contribution >= 0.6 is 11.3 Å². The Hall–Kier alpha value is -1.20. The van der Waals surface area contributed by atoms with E-state index in [-0.39, 0.29) is 12.6 Å². The molecule has 3 rings (SSSR count). The molecule has 1 saturated heterocycles. The number of hydrogen-bond acceptors (Lipinski definition) is 5. The predicted molar refractivity (Wildman–Crippen MR) is 74.1 cm³/mol. The van der Waals surface area contributed by atoms with Gasteiger partial charge in [-0.1, -0.05) is 12.8 Å². The third-order valence-corrected chi connectivity index (χ3v) is 4.48. The van der Waals surface area contributed by atoms with Crippen LogP contribution in [-0.4, -0.2) is 34.3 Å². The summed E-state index contributed by atoms with van der Waals surface area (Å²) in [6.45, 7) is 1.19. The van der Waals surface area contributed by atoms with Gasteiger partial charge in [0.05, 0.1) is 22.9 Å². The molecule has 3 heterocycles. The number of fused-ring (bicyclic) bond motifs is 1. The predicted octanol–water partition coefficient (Wildman–Crippen LogP) is 2.43. The molecule has 2 aromatic rings. The minimum Gasteiger partial charge on any atom is -0.394 e. The van der Waals surface area contributed by atoms with Gasteiger partial charge in [0.25, 0.3) is 0 Å². The summed E-state index contributed by atoms with van der Waals surface area (Å²) in [6, 6.07) is 2.23. The molecule has 4 nitrogen and oxygen atoms in total. The van der Waals surface area contributed by atoms with Gasteiger partial charge in [-0.05, 0) is 24.3 Å². The zero-order valence-electron chi connectivity index (χ0n) is 10.2. The third kappa shape index (κ3) is 2.08. The van der Waals surface area contributed by atoms with Crippen LogP contribution in [0.3, 0.4) is 0 Å². The third-order valence-electron chi connectivity index (χ3n) is 3.58. The van der Waals surface area contributed by atoms with Crippen molar-refractivity contribution in [3.8, 4) is 0 Å². The van der Waals surface area contributed by atoms with Crippen LogP contribution in [-0.2, 0) is 0 Å². The van der Waals surface area contributed by atoms with Crippen LogP contribution in [0.2, 0.25) is 0 Å². The second-order valence-corrected chi connectivity index (χ2v) is 5.63. The molecule has 0 amide bonds. The highest BCUT2D eigenvalue weighted by Crippen LogP contribution is 2.31. The maximum atomic E-state index is 9.59. The summed E-state index contributed by atoms with van der Waals surface area (Å²) < 4.78 is 1.14. The molecule has 96 valence electrons. The van der Waals surface area contributed by atoms with E-state index >= 15 is 0 Å². The topological polar surface area (TPSA) is 49.2 Å². The lowest BCUT2D eigenvalue weighted by molar-refractivity contribution is 0.255. The molecule has 0 aliphatic carbocycles. The molecular weight excluding hydrogens is 246 g/mol. The fraction of sp³-hybridized carbons (Fsp3) is 0.538. The Morgan fingerprint density at radius 1 is 1.33 bits per heavy atom. The molecule has 18 heavy (non-hydrogen) atoms. The van der Waals surface area contributed by atoms with E-state index in [9.17, 15) is 5.11 Å².